The second kappa shape index (κ2) is 8.28. The van der Waals surface area contributed by atoms with Crippen LogP contribution in [-0.4, -0.2) is 11.2 Å². The first-order valence-electron chi connectivity index (χ1n) is 4.41. The Hall–Kier alpha value is -0.820. The number of rotatable bonds is 6. The number of aliphatic hydroxyl groups is 1. The molecule has 0 rings (SSSR count). The van der Waals surface area contributed by atoms with E-state index < -0.39 is 6.10 Å². The summed E-state index contributed by atoms with van der Waals surface area (Å²) in [7, 11) is 0. The molecule has 1 atom stereocenters. The zero-order valence-electron chi connectivity index (χ0n) is 7.74. The fraction of sp³-hybridized carbons (Fsp3) is 0.455. The van der Waals surface area contributed by atoms with Crippen molar-refractivity contribution in [1.82, 2.24) is 0 Å². The molecule has 0 aliphatic heterocycles. The molecule has 0 unspecified atom stereocenters. The molecule has 0 amide bonds. The zero-order chi connectivity index (χ0) is 9.23. The highest BCUT2D eigenvalue weighted by molar-refractivity contribution is 4.95. The minimum atomic E-state index is -0.392. The van der Waals surface area contributed by atoms with Gasteiger partial charge in [0.1, 0.15) is 0 Å². The summed E-state index contributed by atoms with van der Waals surface area (Å²) in [5.74, 6) is 0. The summed E-state index contributed by atoms with van der Waals surface area (Å²) in [5.41, 5.74) is 0. The van der Waals surface area contributed by atoms with Crippen LogP contribution in [0.1, 0.15) is 26.2 Å². The van der Waals surface area contributed by atoms with E-state index in [1.807, 2.05) is 6.08 Å². The van der Waals surface area contributed by atoms with E-state index in [-0.39, 0.29) is 0 Å². The van der Waals surface area contributed by atoms with Crippen LogP contribution in [0, 0.1) is 0 Å². The van der Waals surface area contributed by atoms with Gasteiger partial charge in [0.15, 0.2) is 0 Å². The third-order valence-electron chi connectivity index (χ3n) is 1.49. The molecule has 68 valence electrons. The van der Waals surface area contributed by atoms with Crippen molar-refractivity contribution in [1.29, 1.82) is 0 Å². The Morgan fingerprint density at radius 2 is 1.92 bits per heavy atom. The van der Waals surface area contributed by atoms with E-state index in [4.69, 9.17) is 5.11 Å². The van der Waals surface area contributed by atoms with Crippen LogP contribution >= 0.6 is 0 Å². The molecule has 0 fully saturated rings. The van der Waals surface area contributed by atoms with Crippen molar-refractivity contribution < 1.29 is 5.11 Å². The lowest BCUT2D eigenvalue weighted by Gasteiger charge is -1.96. The topological polar surface area (TPSA) is 20.2 Å². The molecular weight excluding hydrogens is 148 g/mol. The van der Waals surface area contributed by atoms with Crippen LogP contribution < -0.4 is 0 Å². The van der Waals surface area contributed by atoms with Crippen LogP contribution in [0.5, 0.6) is 0 Å². The van der Waals surface area contributed by atoms with Crippen molar-refractivity contribution in [2.24, 2.45) is 0 Å². The van der Waals surface area contributed by atoms with Gasteiger partial charge in [-0.1, -0.05) is 37.3 Å². The first kappa shape index (κ1) is 11.2. The van der Waals surface area contributed by atoms with Gasteiger partial charge in [0, 0.05) is 0 Å². The minimum absolute atomic E-state index is 0.392. The highest BCUT2D eigenvalue weighted by atomic mass is 16.3. The molecule has 1 N–H and O–H groups in total. The van der Waals surface area contributed by atoms with Crippen LogP contribution in [0.15, 0.2) is 37.0 Å². The molecule has 0 saturated carbocycles. The van der Waals surface area contributed by atoms with Crippen LogP contribution in [0.2, 0.25) is 0 Å². The predicted molar refractivity (Wildman–Crippen MR) is 54.0 cm³/mol. The van der Waals surface area contributed by atoms with Gasteiger partial charge in [-0.15, -0.1) is 6.58 Å². The highest BCUT2D eigenvalue weighted by Crippen LogP contribution is 1.95. The maximum atomic E-state index is 9.07. The van der Waals surface area contributed by atoms with Crippen molar-refractivity contribution in [3.63, 3.8) is 0 Å². The monoisotopic (exact) mass is 166 g/mol. The van der Waals surface area contributed by atoms with Crippen molar-refractivity contribution in [2.75, 3.05) is 0 Å². The zero-order valence-corrected chi connectivity index (χ0v) is 7.74. The van der Waals surface area contributed by atoms with E-state index in [2.05, 4.69) is 31.7 Å². The molecule has 0 radical (unpaired) electrons. The molecule has 0 aromatic rings. The average molecular weight is 166 g/mol. The Labute approximate surface area is 75.1 Å². The summed E-state index contributed by atoms with van der Waals surface area (Å²) >= 11 is 0. The number of allylic oxidation sites excluding steroid dienone is 3. The maximum Gasteiger partial charge on any atom is 0.0752 e. The molecule has 0 spiro atoms. The molecule has 1 heteroatoms. The van der Waals surface area contributed by atoms with Gasteiger partial charge >= 0.3 is 0 Å². The normalized spacial score (nSPS) is 14.2. The van der Waals surface area contributed by atoms with E-state index in [1.54, 1.807) is 6.08 Å². The highest BCUT2D eigenvalue weighted by Gasteiger charge is 1.90. The molecule has 0 aliphatic carbocycles. The standard InChI is InChI=1S/C11H18O/c1-3-5-6-7-8-9-10-11(12)4-2/h4-6,8-9,11-12H,2-3,7,10H2,1H3/b6-5-,9-8+/t11-/m0/s1. The number of hydrogen-bond donors (Lipinski definition) is 1. The lowest BCUT2D eigenvalue weighted by Crippen LogP contribution is -1.97. The van der Waals surface area contributed by atoms with E-state index in [1.165, 1.54) is 0 Å². The van der Waals surface area contributed by atoms with Gasteiger partial charge in [0.2, 0.25) is 0 Å². The first-order valence-corrected chi connectivity index (χ1v) is 4.41. The third kappa shape index (κ3) is 7.29. The van der Waals surface area contributed by atoms with E-state index >= 15 is 0 Å². The summed E-state index contributed by atoms with van der Waals surface area (Å²) in [6.45, 7) is 5.60. The van der Waals surface area contributed by atoms with Gasteiger partial charge < -0.3 is 5.11 Å². The van der Waals surface area contributed by atoms with E-state index in [0.717, 1.165) is 12.8 Å². The molecule has 0 heterocycles. The quantitative estimate of drug-likeness (QED) is 0.601. The molecular formula is C11H18O. The van der Waals surface area contributed by atoms with Gasteiger partial charge in [-0.2, -0.15) is 0 Å². The summed E-state index contributed by atoms with van der Waals surface area (Å²) in [5, 5.41) is 9.07. The summed E-state index contributed by atoms with van der Waals surface area (Å²) < 4.78 is 0. The Bertz CT molecular complexity index is 156. The lowest BCUT2D eigenvalue weighted by atomic mass is 10.2. The van der Waals surface area contributed by atoms with Crippen molar-refractivity contribution in [3.8, 4) is 0 Å². The second-order valence-electron chi connectivity index (χ2n) is 2.63. The number of aliphatic hydroxyl groups excluding tert-OH is 1. The molecule has 1 nitrogen and oxygen atoms in total. The summed E-state index contributed by atoms with van der Waals surface area (Å²) in [4.78, 5) is 0. The molecule has 0 bridgehead atoms. The summed E-state index contributed by atoms with van der Waals surface area (Å²) in [6.07, 6.45) is 12.2. The van der Waals surface area contributed by atoms with Crippen molar-refractivity contribution in [2.45, 2.75) is 32.3 Å². The molecule has 0 saturated heterocycles. The summed E-state index contributed by atoms with van der Waals surface area (Å²) in [6, 6.07) is 0. The minimum Gasteiger partial charge on any atom is -0.389 e. The Kier molecular flexibility index (Phi) is 7.71. The van der Waals surface area contributed by atoms with Crippen LogP contribution in [0.3, 0.4) is 0 Å². The lowest BCUT2D eigenvalue weighted by molar-refractivity contribution is 0.227. The second-order valence-corrected chi connectivity index (χ2v) is 2.63. The van der Waals surface area contributed by atoms with Gasteiger partial charge in [0.25, 0.3) is 0 Å². The number of hydrogen-bond acceptors (Lipinski definition) is 1. The Morgan fingerprint density at radius 3 is 2.50 bits per heavy atom. The molecule has 0 aliphatic rings. The van der Waals surface area contributed by atoms with Gasteiger partial charge in [-0.05, 0) is 19.3 Å². The van der Waals surface area contributed by atoms with Crippen molar-refractivity contribution in [3.05, 3.63) is 37.0 Å². The largest absolute Gasteiger partial charge is 0.389 e. The Morgan fingerprint density at radius 1 is 1.25 bits per heavy atom. The van der Waals surface area contributed by atoms with Crippen LogP contribution in [-0.2, 0) is 0 Å². The smallest absolute Gasteiger partial charge is 0.0752 e. The fourth-order valence-electron chi connectivity index (χ4n) is 0.770. The third-order valence-corrected chi connectivity index (χ3v) is 1.49. The van der Waals surface area contributed by atoms with E-state index in [9.17, 15) is 0 Å². The van der Waals surface area contributed by atoms with E-state index in [0.29, 0.717) is 6.42 Å². The van der Waals surface area contributed by atoms with Crippen LogP contribution in [0.4, 0.5) is 0 Å². The van der Waals surface area contributed by atoms with Gasteiger partial charge in [0.05, 0.1) is 6.10 Å². The molecule has 12 heavy (non-hydrogen) atoms. The first-order chi connectivity index (χ1) is 5.81. The SMILES string of the molecule is C=C[C@H](O)C/C=C/C/C=C\CC. The predicted octanol–water partition coefficient (Wildman–Crippen LogP) is 2.84. The average Bonchev–Trinajstić information content (AvgIpc) is 2.10. The Balaban J connectivity index is 3.37. The fourth-order valence-corrected chi connectivity index (χ4v) is 0.770. The molecule has 0 aromatic heterocycles. The molecule has 0 aromatic carbocycles. The van der Waals surface area contributed by atoms with Gasteiger partial charge in [-0.3, -0.25) is 0 Å². The van der Waals surface area contributed by atoms with Crippen molar-refractivity contribution >= 4 is 0 Å². The maximum absolute atomic E-state index is 9.07. The van der Waals surface area contributed by atoms with Crippen LogP contribution in [0.25, 0.3) is 0 Å². The van der Waals surface area contributed by atoms with Gasteiger partial charge in [-0.25, -0.2) is 0 Å².